The first kappa shape index (κ1) is 13.0. The fourth-order valence-electron chi connectivity index (χ4n) is 1.53. The maximum Gasteiger partial charge on any atom is 0.303 e. The molecule has 0 unspecified atom stereocenters. The standard InChI is InChI=1S/C12H13FN2O2/c1-15(7-3-6-12(16)17)11-5-2-4-10(13)9(11)8-14/h2,4-5H,3,6-7H2,1H3,(H,16,17). The second-order valence-corrected chi connectivity index (χ2v) is 3.66. The molecular weight excluding hydrogens is 223 g/mol. The maximum absolute atomic E-state index is 13.3. The van der Waals surface area contributed by atoms with Crippen molar-refractivity contribution in [1.29, 1.82) is 5.26 Å². The van der Waals surface area contributed by atoms with Crippen molar-refractivity contribution in [3.05, 3.63) is 29.6 Å². The summed E-state index contributed by atoms with van der Waals surface area (Å²) >= 11 is 0. The summed E-state index contributed by atoms with van der Waals surface area (Å²) in [5.74, 6) is -1.42. The van der Waals surface area contributed by atoms with Crippen LogP contribution in [-0.2, 0) is 4.79 Å². The number of nitrogens with zero attached hydrogens (tertiary/aromatic N) is 2. The number of aliphatic carboxylic acids is 1. The lowest BCUT2D eigenvalue weighted by molar-refractivity contribution is -0.137. The second-order valence-electron chi connectivity index (χ2n) is 3.66. The molecular formula is C12H13FN2O2. The van der Waals surface area contributed by atoms with Gasteiger partial charge >= 0.3 is 5.97 Å². The Hall–Kier alpha value is -2.09. The minimum atomic E-state index is -0.863. The van der Waals surface area contributed by atoms with E-state index in [1.165, 1.54) is 12.1 Å². The summed E-state index contributed by atoms with van der Waals surface area (Å²) in [4.78, 5) is 12.0. The van der Waals surface area contributed by atoms with E-state index < -0.39 is 11.8 Å². The van der Waals surface area contributed by atoms with Crippen LogP contribution in [0.1, 0.15) is 18.4 Å². The van der Waals surface area contributed by atoms with Crippen LogP contribution in [0.15, 0.2) is 18.2 Å². The molecule has 17 heavy (non-hydrogen) atoms. The molecule has 0 atom stereocenters. The Morgan fingerprint density at radius 1 is 1.59 bits per heavy atom. The van der Waals surface area contributed by atoms with Gasteiger partial charge in [-0.1, -0.05) is 6.07 Å². The summed E-state index contributed by atoms with van der Waals surface area (Å²) in [5.41, 5.74) is 0.475. The number of benzene rings is 1. The molecule has 0 radical (unpaired) electrons. The predicted octanol–water partition coefficient (Wildman–Crippen LogP) is 2.00. The quantitative estimate of drug-likeness (QED) is 0.849. The van der Waals surface area contributed by atoms with Crippen LogP contribution >= 0.6 is 0 Å². The molecule has 0 aliphatic rings. The third-order valence-electron chi connectivity index (χ3n) is 2.40. The second kappa shape index (κ2) is 5.85. The zero-order valence-corrected chi connectivity index (χ0v) is 9.48. The number of carboxylic acid groups (broad SMARTS) is 1. The van der Waals surface area contributed by atoms with Gasteiger partial charge in [-0.2, -0.15) is 5.26 Å². The van der Waals surface area contributed by atoms with Gasteiger partial charge in [-0.3, -0.25) is 4.79 Å². The third-order valence-corrected chi connectivity index (χ3v) is 2.40. The highest BCUT2D eigenvalue weighted by atomic mass is 19.1. The number of carboxylic acids is 1. The van der Waals surface area contributed by atoms with E-state index in [4.69, 9.17) is 10.4 Å². The topological polar surface area (TPSA) is 64.3 Å². The molecule has 5 heteroatoms. The molecule has 0 saturated heterocycles. The molecule has 1 aromatic rings. The van der Waals surface area contributed by atoms with Gasteiger partial charge in [0.2, 0.25) is 0 Å². The van der Waals surface area contributed by atoms with Crippen LogP contribution in [0, 0.1) is 17.1 Å². The van der Waals surface area contributed by atoms with Crippen molar-refractivity contribution in [2.75, 3.05) is 18.5 Å². The van der Waals surface area contributed by atoms with E-state index in [-0.39, 0.29) is 12.0 Å². The first-order chi connectivity index (χ1) is 8.06. The molecule has 0 aliphatic heterocycles. The number of halogens is 1. The van der Waals surface area contributed by atoms with Crippen molar-refractivity contribution in [1.82, 2.24) is 0 Å². The van der Waals surface area contributed by atoms with E-state index in [0.29, 0.717) is 18.7 Å². The summed E-state index contributed by atoms with van der Waals surface area (Å²) < 4.78 is 13.3. The van der Waals surface area contributed by atoms with Crippen LogP contribution in [0.3, 0.4) is 0 Å². The number of anilines is 1. The Labute approximate surface area is 98.9 Å². The first-order valence-corrected chi connectivity index (χ1v) is 5.17. The van der Waals surface area contributed by atoms with E-state index in [9.17, 15) is 9.18 Å². The molecule has 0 heterocycles. The number of nitriles is 1. The van der Waals surface area contributed by atoms with Gasteiger partial charge in [-0.25, -0.2) is 4.39 Å². The van der Waals surface area contributed by atoms with Gasteiger partial charge < -0.3 is 10.0 Å². The van der Waals surface area contributed by atoms with Crippen LogP contribution in [-0.4, -0.2) is 24.7 Å². The fourth-order valence-corrected chi connectivity index (χ4v) is 1.53. The average molecular weight is 236 g/mol. The zero-order chi connectivity index (χ0) is 12.8. The van der Waals surface area contributed by atoms with Crippen LogP contribution in [0.25, 0.3) is 0 Å². The monoisotopic (exact) mass is 236 g/mol. The normalized spacial score (nSPS) is 9.71. The van der Waals surface area contributed by atoms with E-state index in [2.05, 4.69) is 0 Å². The van der Waals surface area contributed by atoms with E-state index in [1.807, 2.05) is 6.07 Å². The van der Waals surface area contributed by atoms with Gasteiger partial charge in [0.15, 0.2) is 0 Å². The van der Waals surface area contributed by atoms with Crippen molar-refractivity contribution in [2.24, 2.45) is 0 Å². The minimum Gasteiger partial charge on any atom is -0.481 e. The smallest absolute Gasteiger partial charge is 0.303 e. The summed E-state index contributed by atoms with van der Waals surface area (Å²) in [6.07, 6.45) is 0.509. The molecule has 4 nitrogen and oxygen atoms in total. The minimum absolute atomic E-state index is 0.00896. The van der Waals surface area contributed by atoms with E-state index in [0.717, 1.165) is 0 Å². The number of rotatable bonds is 5. The summed E-state index contributed by atoms with van der Waals surface area (Å²) in [6.45, 7) is 0.463. The maximum atomic E-state index is 13.3. The molecule has 1 aromatic carbocycles. The lowest BCUT2D eigenvalue weighted by Crippen LogP contribution is -2.20. The fraction of sp³-hybridized carbons (Fsp3) is 0.333. The molecule has 0 bridgehead atoms. The number of hydrogen-bond donors (Lipinski definition) is 1. The zero-order valence-electron chi connectivity index (χ0n) is 9.48. The molecule has 1 rings (SSSR count). The highest BCUT2D eigenvalue weighted by molar-refractivity contribution is 5.66. The van der Waals surface area contributed by atoms with Crippen molar-refractivity contribution in [3.8, 4) is 6.07 Å². The third kappa shape index (κ3) is 3.45. The summed E-state index contributed by atoms with van der Waals surface area (Å²) in [6, 6.07) is 6.21. The highest BCUT2D eigenvalue weighted by Gasteiger charge is 2.11. The average Bonchev–Trinajstić information content (AvgIpc) is 2.28. The van der Waals surface area contributed by atoms with Gasteiger partial charge in [0.05, 0.1) is 5.69 Å². The summed E-state index contributed by atoms with van der Waals surface area (Å²) in [7, 11) is 1.71. The van der Waals surface area contributed by atoms with Gasteiger partial charge in [0.25, 0.3) is 0 Å². The molecule has 0 saturated carbocycles. The van der Waals surface area contributed by atoms with Crippen molar-refractivity contribution in [2.45, 2.75) is 12.8 Å². The highest BCUT2D eigenvalue weighted by Crippen LogP contribution is 2.21. The lowest BCUT2D eigenvalue weighted by atomic mass is 10.1. The molecule has 0 amide bonds. The largest absolute Gasteiger partial charge is 0.481 e. The van der Waals surface area contributed by atoms with Gasteiger partial charge in [-0.15, -0.1) is 0 Å². The first-order valence-electron chi connectivity index (χ1n) is 5.17. The Morgan fingerprint density at radius 2 is 2.29 bits per heavy atom. The predicted molar refractivity (Wildman–Crippen MR) is 61.3 cm³/mol. The molecule has 0 aromatic heterocycles. The number of carbonyl (C=O) groups is 1. The Morgan fingerprint density at radius 3 is 2.88 bits per heavy atom. The van der Waals surface area contributed by atoms with Gasteiger partial charge in [-0.05, 0) is 18.6 Å². The molecule has 0 aliphatic carbocycles. The Kier molecular flexibility index (Phi) is 4.46. The van der Waals surface area contributed by atoms with Crippen LogP contribution in [0.5, 0.6) is 0 Å². The molecule has 1 N–H and O–H groups in total. The van der Waals surface area contributed by atoms with Crippen molar-refractivity contribution in [3.63, 3.8) is 0 Å². The van der Waals surface area contributed by atoms with Gasteiger partial charge in [0, 0.05) is 20.0 Å². The van der Waals surface area contributed by atoms with Crippen molar-refractivity contribution < 1.29 is 14.3 Å². The summed E-state index contributed by atoms with van der Waals surface area (Å²) in [5, 5.41) is 17.4. The van der Waals surface area contributed by atoms with Crippen molar-refractivity contribution >= 4 is 11.7 Å². The lowest BCUT2D eigenvalue weighted by Gasteiger charge is -2.20. The van der Waals surface area contributed by atoms with Crippen LogP contribution in [0.4, 0.5) is 10.1 Å². The molecule has 0 spiro atoms. The Bertz CT molecular complexity index is 454. The Balaban J connectivity index is 2.75. The van der Waals surface area contributed by atoms with E-state index in [1.54, 1.807) is 18.0 Å². The molecule has 90 valence electrons. The SMILES string of the molecule is CN(CCCC(=O)O)c1cccc(F)c1C#N. The van der Waals surface area contributed by atoms with Gasteiger partial charge in [0.1, 0.15) is 17.4 Å². The number of hydrogen-bond acceptors (Lipinski definition) is 3. The van der Waals surface area contributed by atoms with E-state index >= 15 is 0 Å². The molecule has 0 fully saturated rings. The van der Waals surface area contributed by atoms with Crippen LogP contribution < -0.4 is 4.90 Å². The van der Waals surface area contributed by atoms with Crippen LogP contribution in [0.2, 0.25) is 0 Å².